The molecule has 0 saturated carbocycles. The smallest absolute Gasteiger partial charge is 0.341 e. The Morgan fingerprint density at radius 3 is 2.67 bits per heavy atom. The molecule has 2 heterocycles. The topological polar surface area (TPSA) is 76.5 Å². The minimum absolute atomic E-state index is 0.0829. The fraction of sp³-hybridized carbons (Fsp3) is 0.200. The van der Waals surface area contributed by atoms with E-state index in [4.69, 9.17) is 14.0 Å². The van der Waals surface area contributed by atoms with Gasteiger partial charge in [0.1, 0.15) is 22.8 Å². The van der Waals surface area contributed by atoms with Crippen LogP contribution in [0.3, 0.4) is 0 Å². The predicted octanol–water partition coefficient (Wildman–Crippen LogP) is 2.25. The number of aromatic carboxylic acids is 1. The summed E-state index contributed by atoms with van der Waals surface area (Å²) in [6.07, 6.45) is 1.49. The molecule has 2 aromatic rings. The summed E-state index contributed by atoms with van der Waals surface area (Å²) < 4.78 is 9.95. The molecule has 0 aliphatic carbocycles. The van der Waals surface area contributed by atoms with Gasteiger partial charge in [-0.1, -0.05) is 5.16 Å². The van der Waals surface area contributed by atoms with Crippen LogP contribution in [0.1, 0.15) is 21.9 Å². The van der Waals surface area contributed by atoms with Gasteiger partial charge in [-0.3, -0.25) is 0 Å². The lowest BCUT2D eigenvalue weighted by molar-refractivity contribution is 0.0696. The molecule has 0 amide bonds. The molecule has 0 aliphatic rings. The molecule has 2 rings (SSSR count). The number of furan rings is 1. The molecule has 0 spiro atoms. The van der Waals surface area contributed by atoms with Crippen molar-refractivity contribution in [3.63, 3.8) is 0 Å². The van der Waals surface area contributed by atoms with E-state index in [-0.39, 0.29) is 11.3 Å². The molecule has 5 nitrogen and oxygen atoms in total. The Labute approximate surface area is 85.3 Å². The fourth-order valence-corrected chi connectivity index (χ4v) is 1.44. The highest BCUT2D eigenvalue weighted by Gasteiger charge is 2.22. The van der Waals surface area contributed by atoms with Gasteiger partial charge in [-0.2, -0.15) is 0 Å². The van der Waals surface area contributed by atoms with E-state index >= 15 is 0 Å². The summed E-state index contributed by atoms with van der Waals surface area (Å²) in [5, 5.41) is 12.7. The van der Waals surface area contributed by atoms with Gasteiger partial charge in [-0.15, -0.1) is 0 Å². The summed E-state index contributed by atoms with van der Waals surface area (Å²) in [6.45, 7) is 3.31. The second-order valence-electron chi connectivity index (χ2n) is 3.16. The minimum Gasteiger partial charge on any atom is -0.477 e. The number of nitrogens with zero attached hydrogens (tertiary/aromatic N) is 1. The van der Waals surface area contributed by atoms with Gasteiger partial charge in [0.2, 0.25) is 0 Å². The van der Waals surface area contributed by atoms with Crippen LogP contribution in [0.15, 0.2) is 21.3 Å². The zero-order chi connectivity index (χ0) is 11.0. The molecule has 2 aromatic heterocycles. The van der Waals surface area contributed by atoms with Crippen molar-refractivity contribution in [3.8, 4) is 11.3 Å². The van der Waals surface area contributed by atoms with Gasteiger partial charge in [0, 0.05) is 5.56 Å². The van der Waals surface area contributed by atoms with E-state index in [9.17, 15) is 4.79 Å². The first-order valence-electron chi connectivity index (χ1n) is 4.35. The third-order valence-electron chi connectivity index (χ3n) is 2.19. The Morgan fingerprint density at radius 1 is 1.40 bits per heavy atom. The van der Waals surface area contributed by atoms with E-state index < -0.39 is 5.97 Å². The van der Waals surface area contributed by atoms with Crippen LogP contribution in [0.4, 0.5) is 0 Å². The minimum atomic E-state index is -1.05. The maximum absolute atomic E-state index is 11.0. The van der Waals surface area contributed by atoms with Crippen LogP contribution >= 0.6 is 0 Å². The van der Waals surface area contributed by atoms with Crippen molar-refractivity contribution >= 4 is 5.97 Å². The molecule has 1 N–H and O–H groups in total. The summed E-state index contributed by atoms with van der Waals surface area (Å²) in [7, 11) is 0. The van der Waals surface area contributed by atoms with Crippen LogP contribution in [0, 0.1) is 13.8 Å². The second kappa shape index (κ2) is 3.27. The number of carboxylic acids is 1. The number of hydrogen-bond acceptors (Lipinski definition) is 4. The monoisotopic (exact) mass is 207 g/mol. The lowest BCUT2D eigenvalue weighted by Gasteiger charge is -1.94. The standard InChI is InChI=1S/C10H9NO4/c1-5-7(3-4-14-5)9-8(10(12)13)6(2)15-11-9/h3-4H,1-2H3,(H,12,13). The fourth-order valence-electron chi connectivity index (χ4n) is 1.44. The summed E-state index contributed by atoms with van der Waals surface area (Å²) in [5.74, 6) is -0.145. The summed E-state index contributed by atoms with van der Waals surface area (Å²) in [6, 6.07) is 1.67. The predicted molar refractivity (Wildman–Crippen MR) is 50.6 cm³/mol. The molecule has 0 aromatic carbocycles. The van der Waals surface area contributed by atoms with E-state index in [0.29, 0.717) is 17.0 Å². The van der Waals surface area contributed by atoms with Crippen LogP contribution < -0.4 is 0 Å². The lowest BCUT2D eigenvalue weighted by atomic mass is 10.1. The van der Waals surface area contributed by atoms with Crippen LogP contribution in [0.25, 0.3) is 11.3 Å². The molecule has 0 bridgehead atoms. The van der Waals surface area contributed by atoms with Crippen LogP contribution in [-0.2, 0) is 0 Å². The molecule has 0 fully saturated rings. The Kier molecular flexibility index (Phi) is 2.07. The van der Waals surface area contributed by atoms with Crippen molar-refractivity contribution in [1.29, 1.82) is 0 Å². The van der Waals surface area contributed by atoms with Gasteiger partial charge in [0.25, 0.3) is 0 Å². The zero-order valence-corrected chi connectivity index (χ0v) is 8.27. The summed E-state index contributed by atoms with van der Waals surface area (Å²) in [5.41, 5.74) is 1.04. The summed E-state index contributed by atoms with van der Waals surface area (Å²) in [4.78, 5) is 11.0. The molecular formula is C10H9NO4. The van der Waals surface area contributed by atoms with Gasteiger partial charge in [0.15, 0.2) is 0 Å². The van der Waals surface area contributed by atoms with Gasteiger partial charge >= 0.3 is 5.97 Å². The Bertz CT molecular complexity index is 509. The van der Waals surface area contributed by atoms with Crippen molar-refractivity contribution in [3.05, 3.63) is 29.4 Å². The first kappa shape index (κ1) is 9.51. The van der Waals surface area contributed by atoms with Crippen molar-refractivity contribution in [2.75, 3.05) is 0 Å². The zero-order valence-electron chi connectivity index (χ0n) is 8.27. The van der Waals surface area contributed by atoms with Crippen LogP contribution in [0.5, 0.6) is 0 Å². The number of carboxylic acid groups (broad SMARTS) is 1. The number of rotatable bonds is 2. The molecule has 0 unspecified atom stereocenters. The average Bonchev–Trinajstić information content (AvgIpc) is 2.71. The van der Waals surface area contributed by atoms with Crippen molar-refractivity contribution < 1.29 is 18.8 Å². The van der Waals surface area contributed by atoms with E-state index in [1.165, 1.54) is 6.26 Å². The van der Waals surface area contributed by atoms with Gasteiger partial charge in [0.05, 0.1) is 6.26 Å². The van der Waals surface area contributed by atoms with E-state index in [0.717, 1.165) is 0 Å². The first-order chi connectivity index (χ1) is 7.11. The van der Waals surface area contributed by atoms with Gasteiger partial charge in [-0.25, -0.2) is 4.79 Å². The van der Waals surface area contributed by atoms with E-state index in [2.05, 4.69) is 5.16 Å². The van der Waals surface area contributed by atoms with Gasteiger partial charge < -0.3 is 14.0 Å². The molecule has 15 heavy (non-hydrogen) atoms. The highest BCUT2D eigenvalue weighted by Crippen LogP contribution is 2.28. The van der Waals surface area contributed by atoms with E-state index in [1.54, 1.807) is 19.9 Å². The molecular weight excluding hydrogens is 198 g/mol. The Balaban J connectivity index is 2.64. The SMILES string of the molecule is Cc1occc1-c1noc(C)c1C(=O)O. The highest BCUT2D eigenvalue weighted by molar-refractivity contribution is 5.95. The molecule has 5 heteroatoms. The maximum atomic E-state index is 11.0. The van der Waals surface area contributed by atoms with E-state index in [1.807, 2.05) is 0 Å². The largest absolute Gasteiger partial charge is 0.477 e. The van der Waals surface area contributed by atoms with Crippen LogP contribution in [-0.4, -0.2) is 16.2 Å². The number of aromatic nitrogens is 1. The Morgan fingerprint density at radius 2 is 2.13 bits per heavy atom. The van der Waals surface area contributed by atoms with Crippen molar-refractivity contribution in [1.82, 2.24) is 5.16 Å². The normalized spacial score (nSPS) is 10.5. The summed E-state index contributed by atoms with van der Waals surface area (Å²) >= 11 is 0. The molecule has 0 aliphatic heterocycles. The Hall–Kier alpha value is -2.04. The van der Waals surface area contributed by atoms with Gasteiger partial charge in [-0.05, 0) is 19.9 Å². The number of hydrogen-bond donors (Lipinski definition) is 1. The second-order valence-corrected chi connectivity index (χ2v) is 3.16. The number of aryl methyl sites for hydroxylation is 2. The quantitative estimate of drug-likeness (QED) is 0.817. The highest BCUT2D eigenvalue weighted by atomic mass is 16.5. The molecule has 0 radical (unpaired) electrons. The van der Waals surface area contributed by atoms with Crippen molar-refractivity contribution in [2.45, 2.75) is 13.8 Å². The van der Waals surface area contributed by atoms with Crippen LogP contribution in [0.2, 0.25) is 0 Å². The molecule has 0 saturated heterocycles. The average molecular weight is 207 g/mol. The first-order valence-corrected chi connectivity index (χ1v) is 4.35. The third kappa shape index (κ3) is 1.41. The number of carbonyl (C=O) groups is 1. The maximum Gasteiger partial charge on any atom is 0.341 e. The molecule has 78 valence electrons. The lowest BCUT2D eigenvalue weighted by Crippen LogP contribution is -1.99. The third-order valence-corrected chi connectivity index (χ3v) is 2.19. The molecule has 0 atom stereocenters. The van der Waals surface area contributed by atoms with Crippen molar-refractivity contribution in [2.24, 2.45) is 0 Å².